The first kappa shape index (κ1) is 18.8. The van der Waals surface area contributed by atoms with Crippen LogP contribution in [-0.4, -0.2) is 29.1 Å². The van der Waals surface area contributed by atoms with E-state index in [-0.39, 0.29) is 17.7 Å². The van der Waals surface area contributed by atoms with Gasteiger partial charge in [-0.2, -0.15) is 0 Å². The zero-order valence-electron chi connectivity index (χ0n) is 14.6. The summed E-state index contributed by atoms with van der Waals surface area (Å²) in [6.45, 7) is 6.03. The number of thioether (sulfide) groups is 1. The van der Waals surface area contributed by atoms with Crippen LogP contribution >= 0.6 is 27.7 Å². The highest BCUT2D eigenvalue weighted by Gasteiger charge is 2.35. The Hall–Kier alpha value is -1.99. The molecule has 1 fully saturated rings. The summed E-state index contributed by atoms with van der Waals surface area (Å²) in [5.41, 5.74) is 0.887. The molecule has 2 aromatic rings. The number of furan rings is 1. The minimum atomic E-state index is -0.295. The van der Waals surface area contributed by atoms with E-state index >= 15 is 0 Å². The van der Waals surface area contributed by atoms with Gasteiger partial charge in [0.25, 0.3) is 11.1 Å². The summed E-state index contributed by atoms with van der Waals surface area (Å²) < 4.78 is 6.67. The maximum absolute atomic E-state index is 12.6. The van der Waals surface area contributed by atoms with Crippen molar-refractivity contribution in [3.63, 3.8) is 0 Å². The van der Waals surface area contributed by atoms with Gasteiger partial charge in [-0.1, -0.05) is 34.1 Å². The number of carbonyl (C=O) groups excluding carboxylic acids is 2. The average Bonchev–Trinajstić information content (AvgIpc) is 3.18. The Morgan fingerprint density at radius 2 is 1.88 bits per heavy atom. The number of benzene rings is 1. The van der Waals surface area contributed by atoms with Crippen molar-refractivity contribution in [2.45, 2.75) is 20.4 Å². The molecule has 0 saturated carbocycles. The van der Waals surface area contributed by atoms with E-state index in [1.54, 1.807) is 6.08 Å². The summed E-state index contributed by atoms with van der Waals surface area (Å²) >= 11 is 4.39. The van der Waals surface area contributed by atoms with E-state index in [1.165, 1.54) is 4.90 Å². The van der Waals surface area contributed by atoms with Crippen molar-refractivity contribution in [1.29, 1.82) is 0 Å². The SMILES string of the molecule is CCN(CC)c1ccc(/C=C2\SC(=O)N(Cc3ccccc3Br)C2=O)o1. The maximum Gasteiger partial charge on any atom is 0.293 e. The predicted octanol–water partition coefficient (Wildman–Crippen LogP) is 5.12. The van der Waals surface area contributed by atoms with Crippen LogP contribution in [0.1, 0.15) is 25.2 Å². The third-order valence-corrected chi connectivity index (χ3v) is 5.80. The Balaban J connectivity index is 1.78. The molecule has 1 aromatic heterocycles. The van der Waals surface area contributed by atoms with Crippen LogP contribution in [0.5, 0.6) is 0 Å². The van der Waals surface area contributed by atoms with Gasteiger partial charge in [-0.25, -0.2) is 0 Å². The molecule has 1 aliphatic heterocycles. The van der Waals surface area contributed by atoms with Gasteiger partial charge in [-0.15, -0.1) is 0 Å². The average molecular weight is 435 g/mol. The molecule has 26 heavy (non-hydrogen) atoms. The van der Waals surface area contributed by atoms with Crippen LogP contribution < -0.4 is 4.90 Å². The van der Waals surface area contributed by atoms with Crippen LogP contribution in [0.4, 0.5) is 10.7 Å². The van der Waals surface area contributed by atoms with Crippen molar-refractivity contribution >= 4 is 50.8 Å². The Kier molecular flexibility index (Phi) is 5.88. The van der Waals surface area contributed by atoms with Gasteiger partial charge in [0.15, 0.2) is 5.88 Å². The lowest BCUT2D eigenvalue weighted by molar-refractivity contribution is -0.123. The van der Waals surface area contributed by atoms with Gasteiger partial charge in [-0.05, 0) is 43.3 Å². The quantitative estimate of drug-likeness (QED) is 0.590. The molecule has 1 aromatic carbocycles. The summed E-state index contributed by atoms with van der Waals surface area (Å²) in [6.07, 6.45) is 1.64. The first-order valence-electron chi connectivity index (χ1n) is 8.37. The number of hydrogen-bond acceptors (Lipinski definition) is 5. The minimum absolute atomic E-state index is 0.242. The van der Waals surface area contributed by atoms with Gasteiger partial charge in [-0.3, -0.25) is 14.5 Å². The van der Waals surface area contributed by atoms with E-state index in [2.05, 4.69) is 34.7 Å². The summed E-state index contributed by atoms with van der Waals surface area (Å²) in [6, 6.07) is 11.2. The lowest BCUT2D eigenvalue weighted by Crippen LogP contribution is -2.27. The van der Waals surface area contributed by atoms with Crippen molar-refractivity contribution < 1.29 is 14.0 Å². The van der Waals surface area contributed by atoms with Crippen molar-refractivity contribution in [1.82, 2.24) is 4.90 Å². The summed E-state index contributed by atoms with van der Waals surface area (Å²) in [5, 5.41) is -0.271. The van der Waals surface area contributed by atoms with Crippen LogP contribution in [0, 0.1) is 0 Å². The molecule has 0 radical (unpaired) electrons. The van der Waals surface area contributed by atoms with E-state index in [0.717, 1.165) is 40.8 Å². The molecule has 0 aliphatic carbocycles. The number of carbonyl (C=O) groups is 2. The topological polar surface area (TPSA) is 53.8 Å². The summed E-state index contributed by atoms with van der Waals surface area (Å²) in [7, 11) is 0. The van der Waals surface area contributed by atoms with E-state index in [0.29, 0.717) is 10.7 Å². The number of nitrogens with zero attached hydrogens (tertiary/aromatic N) is 2. The van der Waals surface area contributed by atoms with Gasteiger partial charge in [0.05, 0.1) is 11.4 Å². The Labute approximate surface area is 165 Å². The van der Waals surface area contributed by atoms with Crippen LogP contribution in [0.3, 0.4) is 0 Å². The fourth-order valence-corrected chi connectivity index (χ4v) is 3.92. The van der Waals surface area contributed by atoms with Crippen LogP contribution in [0.25, 0.3) is 6.08 Å². The molecule has 2 heterocycles. The van der Waals surface area contributed by atoms with Crippen molar-refractivity contribution in [3.05, 3.63) is 57.1 Å². The zero-order valence-corrected chi connectivity index (χ0v) is 17.0. The highest BCUT2D eigenvalue weighted by molar-refractivity contribution is 9.10. The van der Waals surface area contributed by atoms with E-state index in [9.17, 15) is 9.59 Å². The zero-order chi connectivity index (χ0) is 18.7. The summed E-state index contributed by atoms with van der Waals surface area (Å²) in [4.78, 5) is 28.6. The normalized spacial score (nSPS) is 16.0. The van der Waals surface area contributed by atoms with Crippen molar-refractivity contribution in [2.75, 3.05) is 18.0 Å². The second kappa shape index (κ2) is 8.14. The Bertz CT molecular complexity index is 858. The Morgan fingerprint density at radius 3 is 2.58 bits per heavy atom. The van der Waals surface area contributed by atoms with Gasteiger partial charge in [0.1, 0.15) is 5.76 Å². The number of amides is 2. The van der Waals surface area contributed by atoms with Crippen LogP contribution in [0.2, 0.25) is 0 Å². The second-order valence-electron chi connectivity index (χ2n) is 5.71. The predicted molar refractivity (Wildman–Crippen MR) is 108 cm³/mol. The highest BCUT2D eigenvalue weighted by atomic mass is 79.9. The molecule has 136 valence electrons. The maximum atomic E-state index is 12.6. The lowest BCUT2D eigenvalue weighted by atomic mass is 10.2. The van der Waals surface area contributed by atoms with E-state index in [1.807, 2.05) is 36.4 Å². The molecule has 1 aliphatic rings. The lowest BCUT2D eigenvalue weighted by Gasteiger charge is -2.16. The van der Waals surface area contributed by atoms with Gasteiger partial charge in [0.2, 0.25) is 0 Å². The number of anilines is 1. The molecule has 0 atom stereocenters. The number of rotatable bonds is 6. The fourth-order valence-electron chi connectivity index (χ4n) is 2.69. The Morgan fingerprint density at radius 1 is 1.15 bits per heavy atom. The largest absolute Gasteiger partial charge is 0.441 e. The van der Waals surface area contributed by atoms with Crippen molar-refractivity contribution in [3.8, 4) is 0 Å². The standard InChI is InChI=1S/C19H19BrN2O3S/c1-3-21(4-2)17-10-9-14(25-17)11-16-18(23)22(19(24)26-16)12-13-7-5-6-8-15(13)20/h5-11H,3-4,12H2,1-2H3/b16-11-. The number of hydrogen-bond donors (Lipinski definition) is 0. The molecular formula is C19H19BrN2O3S. The molecule has 0 spiro atoms. The number of halogens is 1. The third kappa shape index (κ3) is 3.88. The molecule has 0 N–H and O–H groups in total. The molecule has 0 unspecified atom stereocenters. The fraction of sp³-hybridized carbons (Fsp3) is 0.263. The molecule has 7 heteroatoms. The third-order valence-electron chi connectivity index (χ3n) is 4.12. The van der Waals surface area contributed by atoms with Gasteiger partial charge < -0.3 is 9.32 Å². The highest BCUT2D eigenvalue weighted by Crippen LogP contribution is 2.34. The first-order chi connectivity index (χ1) is 12.5. The monoisotopic (exact) mass is 434 g/mol. The van der Waals surface area contributed by atoms with E-state index in [4.69, 9.17) is 4.42 Å². The van der Waals surface area contributed by atoms with Gasteiger partial charge >= 0.3 is 0 Å². The molecule has 3 rings (SSSR count). The molecular weight excluding hydrogens is 416 g/mol. The molecule has 0 bridgehead atoms. The summed E-state index contributed by atoms with van der Waals surface area (Å²) in [5.74, 6) is 1.03. The molecule has 5 nitrogen and oxygen atoms in total. The van der Waals surface area contributed by atoms with E-state index < -0.39 is 0 Å². The molecule has 1 saturated heterocycles. The minimum Gasteiger partial charge on any atom is -0.441 e. The number of imide groups is 1. The van der Waals surface area contributed by atoms with Gasteiger partial charge in [0, 0.05) is 29.7 Å². The van der Waals surface area contributed by atoms with Crippen molar-refractivity contribution in [2.24, 2.45) is 0 Å². The van der Waals surface area contributed by atoms with Crippen LogP contribution in [-0.2, 0) is 11.3 Å². The first-order valence-corrected chi connectivity index (χ1v) is 9.98. The van der Waals surface area contributed by atoms with Crippen LogP contribution in [0.15, 0.2) is 50.2 Å². The molecule has 2 amide bonds. The second-order valence-corrected chi connectivity index (χ2v) is 7.56. The smallest absolute Gasteiger partial charge is 0.293 e.